The fraction of sp³-hybridized carbons (Fsp3) is 0.286. The normalized spacial score (nSPS) is 13.6. The molecule has 12 N–H and O–H groups in total. The molecule has 0 radical (unpaired) electrons. The molecule has 0 spiro atoms. The fourth-order valence-electron chi connectivity index (χ4n) is 13.3. The highest BCUT2D eigenvalue weighted by Crippen LogP contribution is 2.57. The Balaban J connectivity index is 1.75. The van der Waals surface area contributed by atoms with Crippen molar-refractivity contribution in [3.63, 3.8) is 0 Å². The van der Waals surface area contributed by atoms with Crippen molar-refractivity contribution in [3.8, 4) is 92.0 Å². The number of hydrogen-bond acceptors (Lipinski definition) is 28. The van der Waals surface area contributed by atoms with Crippen molar-refractivity contribution in [2.75, 3.05) is 106 Å². The van der Waals surface area contributed by atoms with Gasteiger partial charge in [0.05, 0.1) is 26.4 Å². The summed E-state index contributed by atoms with van der Waals surface area (Å²) in [7, 11) is 0. The first kappa shape index (κ1) is 92.1. The molecule has 0 saturated carbocycles. The molecule has 0 amide bonds. The van der Waals surface area contributed by atoms with Gasteiger partial charge in [-0.15, -0.1) is 0 Å². The van der Waals surface area contributed by atoms with Crippen LogP contribution in [0.25, 0.3) is 0 Å². The summed E-state index contributed by atoms with van der Waals surface area (Å²) >= 11 is 0. The number of carbonyl (C=O) groups is 12. The third-order valence-corrected chi connectivity index (χ3v) is 17.7. The van der Waals surface area contributed by atoms with Crippen LogP contribution in [0.5, 0.6) is 92.0 Å². The molecule has 0 unspecified atom stereocenters. The van der Waals surface area contributed by atoms with Gasteiger partial charge in [0.25, 0.3) is 0 Å². The van der Waals surface area contributed by atoms with Crippen LogP contribution >= 0.6 is 0 Å². The van der Waals surface area contributed by atoms with E-state index in [-0.39, 0.29) is 139 Å². The second-order valence-electron chi connectivity index (χ2n) is 26.2. The van der Waals surface area contributed by atoms with E-state index in [2.05, 4.69) is 0 Å². The summed E-state index contributed by atoms with van der Waals surface area (Å²) in [5, 5.41) is 125. The lowest BCUT2D eigenvalue weighted by atomic mass is 9.75. The molecule has 40 heteroatoms. The van der Waals surface area contributed by atoms with Crippen LogP contribution in [-0.4, -0.2) is 239 Å². The molecule has 0 atom stereocenters. The molecule has 8 bridgehead atoms. The molecule has 8 aromatic carbocycles. The SMILES string of the molecule is CCOc1cc(C2c3cc(c(OCC(=O)O)cc3OCC(=O)O)C(c3ccc(OCC(=O)O)c(OCC)c3)c3cc(c(OCC(=O)O)cc3OCC(=O)O)C(c3ccc(OCC(=O)O)c(OCC)c3)c3cc(c(OCC(=O)O)cc3OCC(=O)O)C(c3ccc(OCC(=O)O)c(OCC)c3)c3cc2c(OCC(=O)O)cc3OCC(=O)O)ccc1OCC(=O)O. The summed E-state index contributed by atoms with van der Waals surface area (Å²) in [6.45, 7) is -9.09. The number of carboxylic acids is 12. The zero-order chi connectivity index (χ0) is 90.2. The average Bonchev–Trinajstić information content (AvgIpc) is 0.728. The van der Waals surface area contributed by atoms with Crippen molar-refractivity contribution < 1.29 is 195 Å². The van der Waals surface area contributed by atoms with Crippen molar-refractivity contribution in [2.24, 2.45) is 0 Å². The molecule has 0 saturated heterocycles. The smallest absolute Gasteiger partial charge is 0.341 e. The van der Waals surface area contributed by atoms with Crippen molar-refractivity contribution >= 4 is 71.6 Å². The summed E-state index contributed by atoms with van der Waals surface area (Å²) in [6.07, 6.45) is 0. The van der Waals surface area contributed by atoms with E-state index < -0.39 is 221 Å². The highest BCUT2D eigenvalue weighted by atomic mass is 16.6. The van der Waals surface area contributed by atoms with Gasteiger partial charge in [-0.1, -0.05) is 24.3 Å². The maximum atomic E-state index is 13.2. The second-order valence-corrected chi connectivity index (χ2v) is 26.2. The molecule has 9 rings (SSSR count). The van der Waals surface area contributed by atoms with E-state index in [4.69, 9.17) is 75.8 Å². The van der Waals surface area contributed by atoms with E-state index in [0.29, 0.717) is 0 Å². The second kappa shape index (κ2) is 42.7. The maximum Gasteiger partial charge on any atom is 0.341 e. The van der Waals surface area contributed by atoms with E-state index in [1.54, 1.807) is 0 Å². The predicted molar refractivity (Wildman–Crippen MR) is 418 cm³/mol. The highest BCUT2D eigenvalue weighted by molar-refractivity contribution is 5.78. The number of carboxylic acid groups (broad SMARTS) is 12. The van der Waals surface area contributed by atoms with E-state index in [0.717, 1.165) is 24.3 Å². The van der Waals surface area contributed by atoms with Gasteiger partial charge in [-0.2, -0.15) is 0 Å². The molecule has 1 aliphatic carbocycles. The zero-order valence-corrected chi connectivity index (χ0v) is 66.0. The Hall–Kier alpha value is -15.8. The Kier molecular flexibility index (Phi) is 31.7. The van der Waals surface area contributed by atoms with Gasteiger partial charge in [0.1, 0.15) is 46.0 Å². The average molecular weight is 1730 g/mol. The summed E-state index contributed by atoms with van der Waals surface area (Å²) in [6, 6.07) is 24.2. The van der Waals surface area contributed by atoms with Crippen LogP contribution in [-0.2, 0) is 57.5 Å². The van der Waals surface area contributed by atoms with Gasteiger partial charge in [-0.25, -0.2) is 57.5 Å². The van der Waals surface area contributed by atoms with Crippen molar-refractivity contribution in [3.05, 3.63) is 188 Å². The minimum Gasteiger partial charge on any atom is -0.490 e. The topological polar surface area (TPSA) is 595 Å². The van der Waals surface area contributed by atoms with Gasteiger partial charge >= 0.3 is 71.6 Å². The van der Waals surface area contributed by atoms with Gasteiger partial charge in [-0.3, -0.25) is 0 Å². The lowest BCUT2D eigenvalue weighted by molar-refractivity contribution is -0.140. The third-order valence-electron chi connectivity index (χ3n) is 17.7. The molecule has 0 heterocycles. The lowest BCUT2D eigenvalue weighted by Crippen LogP contribution is -2.21. The first-order chi connectivity index (χ1) is 59.2. The third kappa shape index (κ3) is 24.2. The minimum absolute atomic E-state index is 0.109. The van der Waals surface area contributed by atoms with Crippen LogP contribution in [0.2, 0.25) is 0 Å². The number of fused-ring (bicyclic) bond motifs is 8. The number of ether oxygens (including phenoxy) is 16. The van der Waals surface area contributed by atoms with Crippen LogP contribution in [0.15, 0.2) is 121 Å². The first-order valence-corrected chi connectivity index (χ1v) is 37.1. The Bertz CT molecular complexity index is 4540. The molecule has 0 aliphatic heterocycles. The van der Waals surface area contributed by atoms with Gasteiger partial charge in [0, 0.05) is 92.4 Å². The van der Waals surface area contributed by atoms with E-state index >= 15 is 0 Å². The number of aliphatic carboxylic acids is 12. The molecular formula is C84H80O40. The standard InChI is InChI=1S/C84H80O40/c1-5-109-65-17-41(9-13-53(65)113-29-69(85)86)81-45-21-47(59(119-35-75(97)98)25-57(45)117-33-73(93)94)82(42-10-14-54(114-30-70(87)88)66(18-42)110-6-2)49-23-51(63(123-39-79(105)106)27-61(49)121-37-77(101)102)84(44-12-16-56(116-32-72(91)92)68(20-44)112-8-4)52-24-50(62(122-38-78(103)104)28-64(52)124-40-80(107)108)83(43-11-15-55(115-31-71(89)90)67(19-43)111-7-3)48-22-46(81)58(118-34-74(95)96)26-60(48)120-36-76(99)100/h9-28,81-84H,5-8,29-40H2,1-4H3,(H,85,86)(H,87,88)(H,89,90)(H,91,92)(H,93,94)(H,95,96)(H,97,98)(H,99,100)(H,101,102)(H,103,104)(H,105,106)(H,107,108). The summed E-state index contributed by atoms with van der Waals surface area (Å²) < 4.78 is 97.9. The summed E-state index contributed by atoms with van der Waals surface area (Å²) in [5.74, 6) is -33.6. The minimum atomic E-state index is -1.90. The predicted octanol–water partition coefficient (Wildman–Crippen LogP) is 7.88. The molecule has 656 valence electrons. The molecule has 0 aromatic heterocycles. The summed E-state index contributed by atoms with van der Waals surface area (Å²) in [5.41, 5.74) is -3.23. The molecule has 124 heavy (non-hydrogen) atoms. The van der Waals surface area contributed by atoms with Gasteiger partial charge < -0.3 is 137 Å². The van der Waals surface area contributed by atoms with E-state index in [1.165, 1.54) is 125 Å². The van der Waals surface area contributed by atoms with Gasteiger partial charge in [0.2, 0.25) is 0 Å². The summed E-state index contributed by atoms with van der Waals surface area (Å²) in [4.78, 5) is 155. The molecule has 0 fully saturated rings. The van der Waals surface area contributed by atoms with Crippen LogP contribution in [0.1, 0.15) is 118 Å². The number of hydrogen-bond donors (Lipinski definition) is 12. The maximum absolute atomic E-state index is 13.2. The quantitative estimate of drug-likeness (QED) is 0.0172. The van der Waals surface area contributed by atoms with E-state index in [9.17, 15) is 119 Å². The Morgan fingerprint density at radius 2 is 0.306 bits per heavy atom. The molecular weight excluding hydrogens is 1650 g/mol. The Morgan fingerprint density at radius 1 is 0.177 bits per heavy atom. The molecule has 8 aromatic rings. The van der Waals surface area contributed by atoms with Crippen LogP contribution < -0.4 is 75.8 Å². The Morgan fingerprint density at radius 3 is 0.427 bits per heavy atom. The van der Waals surface area contributed by atoms with E-state index in [1.807, 2.05) is 0 Å². The molecule has 1 aliphatic rings. The van der Waals surface area contributed by atoms with Crippen LogP contribution in [0.4, 0.5) is 0 Å². The van der Waals surface area contributed by atoms with Crippen molar-refractivity contribution in [1.82, 2.24) is 0 Å². The molecule has 40 nitrogen and oxygen atoms in total. The first-order valence-electron chi connectivity index (χ1n) is 37.1. The van der Waals surface area contributed by atoms with Crippen molar-refractivity contribution in [2.45, 2.75) is 51.4 Å². The largest absolute Gasteiger partial charge is 0.490 e. The number of rotatable bonds is 48. The number of benzene rings is 8. The Labute approximate surface area is 700 Å². The highest BCUT2D eigenvalue weighted by Gasteiger charge is 2.40. The van der Waals surface area contributed by atoms with Crippen LogP contribution in [0.3, 0.4) is 0 Å². The zero-order valence-electron chi connectivity index (χ0n) is 66.0. The van der Waals surface area contributed by atoms with Gasteiger partial charge in [0.15, 0.2) is 125 Å². The van der Waals surface area contributed by atoms with Crippen molar-refractivity contribution in [1.29, 1.82) is 0 Å². The monoisotopic (exact) mass is 1730 g/mol. The van der Waals surface area contributed by atoms with Crippen LogP contribution in [0, 0.1) is 0 Å². The van der Waals surface area contributed by atoms with Gasteiger partial charge in [-0.05, 0) is 123 Å². The fourth-order valence-corrected chi connectivity index (χ4v) is 13.3. The lowest BCUT2D eigenvalue weighted by Gasteiger charge is -2.33.